The lowest BCUT2D eigenvalue weighted by atomic mass is 10.1. The van der Waals surface area contributed by atoms with Crippen molar-refractivity contribution in [1.82, 2.24) is 0 Å². The Kier molecular flexibility index (Phi) is 4.12. The van der Waals surface area contributed by atoms with Gasteiger partial charge in [0.2, 0.25) is 0 Å². The van der Waals surface area contributed by atoms with Gasteiger partial charge in [-0.15, -0.1) is 0 Å². The molecule has 0 N–H and O–H groups in total. The van der Waals surface area contributed by atoms with Crippen LogP contribution < -0.4 is 0 Å². The first-order valence-electron chi connectivity index (χ1n) is 5.70. The lowest BCUT2D eigenvalue weighted by molar-refractivity contribution is -0.0462. The van der Waals surface area contributed by atoms with Crippen LogP contribution in [0.2, 0.25) is 0 Å². The summed E-state index contributed by atoms with van der Waals surface area (Å²) in [4.78, 5) is 11.2. The van der Waals surface area contributed by atoms with Gasteiger partial charge in [-0.25, -0.2) is 4.79 Å². The first kappa shape index (κ1) is 12.1. The molecule has 1 aliphatic heterocycles. The van der Waals surface area contributed by atoms with Crippen molar-refractivity contribution in [1.29, 1.82) is 0 Å². The fourth-order valence-corrected chi connectivity index (χ4v) is 1.78. The number of carbonyl (C=O) groups excluding carboxylic acids is 1. The average Bonchev–Trinajstić information content (AvgIpc) is 2.89. The van der Waals surface area contributed by atoms with Crippen molar-refractivity contribution < 1.29 is 19.0 Å². The molecule has 0 amide bonds. The van der Waals surface area contributed by atoms with Gasteiger partial charge >= 0.3 is 5.97 Å². The molecule has 2 rings (SSSR count). The molecule has 1 heterocycles. The topological polar surface area (TPSA) is 44.8 Å². The summed E-state index contributed by atoms with van der Waals surface area (Å²) < 4.78 is 15.4. The Labute approximate surface area is 100 Å². The van der Waals surface area contributed by atoms with Crippen LogP contribution in [0.4, 0.5) is 0 Å². The van der Waals surface area contributed by atoms with Gasteiger partial charge in [0, 0.05) is 6.42 Å². The second kappa shape index (κ2) is 5.80. The monoisotopic (exact) mass is 236 g/mol. The Morgan fingerprint density at radius 1 is 1.29 bits per heavy atom. The van der Waals surface area contributed by atoms with E-state index in [0.29, 0.717) is 18.8 Å². The summed E-state index contributed by atoms with van der Waals surface area (Å²) in [7, 11) is 1.38. The predicted molar refractivity (Wildman–Crippen MR) is 61.8 cm³/mol. The number of rotatable bonds is 4. The van der Waals surface area contributed by atoms with Crippen LogP contribution in [-0.4, -0.2) is 32.6 Å². The van der Waals surface area contributed by atoms with E-state index in [1.165, 1.54) is 7.11 Å². The first-order chi connectivity index (χ1) is 8.29. The molecule has 92 valence electrons. The van der Waals surface area contributed by atoms with E-state index < -0.39 is 0 Å². The molecule has 17 heavy (non-hydrogen) atoms. The van der Waals surface area contributed by atoms with E-state index in [1.54, 1.807) is 12.1 Å². The molecule has 1 saturated heterocycles. The maximum atomic E-state index is 11.2. The van der Waals surface area contributed by atoms with Gasteiger partial charge in [-0.3, -0.25) is 0 Å². The average molecular weight is 236 g/mol. The van der Waals surface area contributed by atoms with Crippen LogP contribution in [0.25, 0.3) is 0 Å². The van der Waals surface area contributed by atoms with Crippen molar-refractivity contribution in [2.75, 3.05) is 20.3 Å². The molecule has 0 bridgehead atoms. The molecular weight excluding hydrogens is 220 g/mol. The molecule has 4 nitrogen and oxygen atoms in total. The molecule has 4 heteroatoms. The number of hydrogen-bond acceptors (Lipinski definition) is 4. The highest BCUT2D eigenvalue weighted by atomic mass is 16.7. The standard InChI is InChI=1S/C13H16O4/c1-15-13(14)11-5-2-10(3-6-11)4-7-12-16-8-9-17-12/h2-3,5-6,12H,4,7-9H2,1H3. The molecular formula is C13H16O4. The van der Waals surface area contributed by atoms with E-state index in [0.717, 1.165) is 18.4 Å². The highest BCUT2D eigenvalue weighted by molar-refractivity contribution is 5.89. The van der Waals surface area contributed by atoms with Crippen LogP contribution in [0.5, 0.6) is 0 Å². The van der Waals surface area contributed by atoms with Crippen molar-refractivity contribution >= 4 is 5.97 Å². The predicted octanol–water partition coefficient (Wildman–Crippen LogP) is 1.78. The Hall–Kier alpha value is -1.39. The third-order valence-electron chi connectivity index (χ3n) is 2.73. The fourth-order valence-electron chi connectivity index (χ4n) is 1.78. The quantitative estimate of drug-likeness (QED) is 0.747. The smallest absolute Gasteiger partial charge is 0.337 e. The molecule has 1 fully saturated rings. The minimum absolute atomic E-state index is 0.0738. The molecule has 0 aromatic heterocycles. The zero-order valence-corrected chi connectivity index (χ0v) is 9.85. The van der Waals surface area contributed by atoms with Crippen LogP contribution in [0.3, 0.4) is 0 Å². The maximum Gasteiger partial charge on any atom is 0.337 e. The molecule has 0 unspecified atom stereocenters. The van der Waals surface area contributed by atoms with Gasteiger partial charge in [-0.1, -0.05) is 12.1 Å². The van der Waals surface area contributed by atoms with E-state index in [1.807, 2.05) is 12.1 Å². The number of aryl methyl sites for hydroxylation is 1. The van der Waals surface area contributed by atoms with Gasteiger partial charge in [0.15, 0.2) is 6.29 Å². The Morgan fingerprint density at radius 3 is 2.53 bits per heavy atom. The van der Waals surface area contributed by atoms with Crippen molar-refractivity contribution in [2.45, 2.75) is 19.1 Å². The number of carbonyl (C=O) groups is 1. The van der Waals surface area contributed by atoms with Crippen molar-refractivity contribution in [2.24, 2.45) is 0 Å². The van der Waals surface area contributed by atoms with Crippen LogP contribution in [0.15, 0.2) is 24.3 Å². The minimum atomic E-state index is -0.306. The molecule has 0 saturated carbocycles. The summed E-state index contributed by atoms with van der Waals surface area (Å²) in [6.07, 6.45) is 1.65. The van der Waals surface area contributed by atoms with Gasteiger partial charge in [0.1, 0.15) is 0 Å². The van der Waals surface area contributed by atoms with Crippen molar-refractivity contribution in [3.63, 3.8) is 0 Å². The van der Waals surface area contributed by atoms with E-state index >= 15 is 0 Å². The second-order valence-electron chi connectivity index (χ2n) is 3.90. The van der Waals surface area contributed by atoms with Gasteiger partial charge in [0.25, 0.3) is 0 Å². The lowest BCUT2D eigenvalue weighted by Gasteiger charge is -2.08. The maximum absolute atomic E-state index is 11.2. The fraction of sp³-hybridized carbons (Fsp3) is 0.462. The lowest BCUT2D eigenvalue weighted by Crippen LogP contribution is -2.08. The summed E-state index contributed by atoms with van der Waals surface area (Å²) in [6, 6.07) is 7.41. The number of benzene rings is 1. The SMILES string of the molecule is COC(=O)c1ccc(CCC2OCCO2)cc1. The third-order valence-corrected chi connectivity index (χ3v) is 2.73. The Morgan fingerprint density at radius 2 is 1.94 bits per heavy atom. The van der Waals surface area contributed by atoms with Crippen LogP contribution in [0.1, 0.15) is 22.3 Å². The Balaban J connectivity index is 1.87. The minimum Gasteiger partial charge on any atom is -0.465 e. The summed E-state index contributed by atoms with van der Waals surface area (Å²) in [5.41, 5.74) is 1.74. The van der Waals surface area contributed by atoms with E-state index in [9.17, 15) is 4.79 Å². The van der Waals surface area contributed by atoms with E-state index in [4.69, 9.17) is 9.47 Å². The van der Waals surface area contributed by atoms with Crippen molar-refractivity contribution in [3.05, 3.63) is 35.4 Å². The van der Waals surface area contributed by atoms with E-state index in [2.05, 4.69) is 4.74 Å². The normalized spacial score (nSPS) is 16.1. The summed E-state index contributed by atoms with van der Waals surface area (Å²) in [6.45, 7) is 1.37. The molecule has 0 aliphatic carbocycles. The number of ether oxygens (including phenoxy) is 3. The molecule has 1 aromatic carbocycles. The van der Waals surface area contributed by atoms with Crippen LogP contribution >= 0.6 is 0 Å². The second-order valence-corrected chi connectivity index (χ2v) is 3.90. The van der Waals surface area contributed by atoms with Crippen LogP contribution in [-0.2, 0) is 20.6 Å². The summed E-state index contributed by atoms with van der Waals surface area (Å²) in [5, 5.41) is 0. The van der Waals surface area contributed by atoms with Gasteiger partial charge in [0.05, 0.1) is 25.9 Å². The largest absolute Gasteiger partial charge is 0.465 e. The zero-order chi connectivity index (χ0) is 12.1. The van der Waals surface area contributed by atoms with Gasteiger partial charge in [-0.05, 0) is 24.1 Å². The highest BCUT2D eigenvalue weighted by Crippen LogP contribution is 2.13. The van der Waals surface area contributed by atoms with Gasteiger partial charge < -0.3 is 14.2 Å². The number of esters is 1. The molecule has 0 atom stereocenters. The molecule has 0 spiro atoms. The van der Waals surface area contributed by atoms with Crippen molar-refractivity contribution in [3.8, 4) is 0 Å². The zero-order valence-electron chi connectivity index (χ0n) is 9.85. The highest BCUT2D eigenvalue weighted by Gasteiger charge is 2.15. The number of hydrogen-bond donors (Lipinski definition) is 0. The van der Waals surface area contributed by atoms with E-state index in [-0.39, 0.29) is 12.3 Å². The summed E-state index contributed by atoms with van der Waals surface area (Å²) in [5.74, 6) is -0.306. The molecule has 0 radical (unpaired) electrons. The first-order valence-corrected chi connectivity index (χ1v) is 5.70. The van der Waals surface area contributed by atoms with Crippen LogP contribution in [0, 0.1) is 0 Å². The number of methoxy groups -OCH3 is 1. The Bertz CT molecular complexity index is 366. The molecule has 1 aromatic rings. The van der Waals surface area contributed by atoms with Gasteiger partial charge in [-0.2, -0.15) is 0 Å². The molecule has 1 aliphatic rings. The third kappa shape index (κ3) is 3.28. The summed E-state index contributed by atoms with van der Waals surface area (Å²) >= 11 is 0.